The van der Waals surface area contributed by atoms with E-state index in [1.54, 1.807) is 13.8 Å². The van der Waals surface area contributed by atoms with Crippen molar-refractivity contribution in [3.05, 3.63) is 35.4 Å². The number of hydrogen-bond acceptors (Lipinski definition) is 2. The van der Waals surface area contributed by atoms with Crippen molar-refractivity contribution in [2.75, 3.05) is 0 Å². The number of urea groups is 1. The van der Waals surface area contributed by atoms with E-state index in [9.17, 15) is 18.4 Å². The second-order valence-electron chi connectivity index (χ2n) is 4.68. The summed E-state index contributed by atoms with van der Waals surface area (Å²) in [6, 6.07) is 2.46. The summed E-state index contributed by atoms with van der Waals surface area (Å²) in [7, 11) is 0. The number of nitrogens with zero attached hydrogens (tertiary/aromatic N) is 1. The highest BCUT2D eigenvalue weighted by Gasteiger charge is 2.45. The van der Waals surface area contributed by atoms with Crippen LogP contribution in [0.1, 0.15) is 19.4 Å². The minimum Gasteiger partial charge on any atom is -0.306 e. The fourth-order valence-electron chi connectivity index (χ4n) is 1.85. The van der Waals surface area contributed by atoms with E-state index in [1.807, 2.05) is 0 Å². The van der Waals surface area contributed by atoms with Crippen molar-refractivity contribution in [3.8, 4) is 0 Å². The van der Waals surface area contributed by atoms with Crippen LogP contribution in [0.25, 0.3) is 0 Å². The van der Waals surface area contributed by atoms with E-state index in [0.29, 0.717) is 5.56 Å². The Morgan fingerprint density at radius 2 is 1.72 bits per heavy atom. The number of imide groups is 1. The average molecular weight is 254 g/mol. The first-order chi connectivity index (χ1) is 8.30. The Morgan fingerprint density at radius 1 is 1.17 bits per heavy atom. The van der Waals surface area contributed by atoms with Crippen molar-refractivity contribution in [2.24, 2.45) is 0 Å². The van der Waals surface area contributed by atoms with Gasteiger partial charge in [0.15, 0.2) is 0 Å². The van der Waals surface area contributed by atoms with E-state index in [2.05, 4.69) is 5.32 Å². The zero-order chi connectivity index (χ0) is 13.5. The van der Waals surface area contributed by atoms with Gasteiger partial charge in [0.1, 0.15) is 17.2 Å². The third-order valence-corrected chi connectivity index (χ3v) is 2.96. The lowest BCUT2D eigenvalue weighted by atomic mass is 10.0. The Bertz CT molecular complexity index is 509. The van der Waals surface area contributed by atoms with Gasteiger partial charge in [-0.3, -0.25) is 10.1 Å². The normalized spacial score (nSPS) is 18.1. The minimum atomic E-state index is -1.03. The number of hydrogen-bond donors (Lipinski definition) is 1. The molecule has 1 aliphatic heterocycles. The number of benzene rings is 1. The summed E-state index contributed by atoms with van der Waals surface area (Å²) in [5, 5.41) is 2.17. The van der Waals surface area contributed by atoms with Gasteiger partial charge in [-0.25, -0.2) is 13.6 Å². The Labute approximate surface area is 103 Å². The van der Waals surface area contributed by atoms with Gasteiger partial charge >= 0.3 is 6.03 Å². The van der Waals surface area contributed by atoms with Crippen LogP contribution in [0, 0.1) is 11.6 Å². The lowest BCUT2D eigenvalue weighted by molar-refractivity contribution is -0.125. The standard InChI is InChI=1S/C12H12F2N2O2/c1-12(2)10(17)15-11(18)16(12)6-7-3-8(13)5-9(14)4-7/h3-5H,6H2,1-2H3,(H,15,17,18). The van der Waals surface area contributed by atoms with E-state index in [4.69, 9.17) is 0 Å². The smallest absolute Gasteiger partial charge is 0.306 e. The van der Waals surface area contributed by atoms with Gasteiger partial charge in [0, 0.05) is 12.6 Å². The second kappa shape index (κ2) is 4.04. The third kappa shape index (κ3) is 2.05. The minimum absolute atomic E-state index is 0.0285. The highest BCUT2D eigenvalue weighted by atomic mass is 19.1. The largest absolute Gasteiger partial charge is 0.325 e. The van der Waals surface area contributed by atoms with Gasteiger partial charge in [-0.15, -0.1) is 0 Å². The molecule has 0 aromatic heterocycles. The predicted octanol–water partition coefficient (Wildman–Crippen LogP) is 1.80. The molecule has 96 valence electrons. The van der Waals surface area contributed by atoms with Crippen LogP contribution < -0.4 is 5.32 Å². The molecule has 6 heteroatoms. The van der Waals surface area contributed by atoms with Crippen molar-refractivity contribution in [1.82, 2.24) is 10.2 Å². The van der Waals surface area contributed by atoms with Crippen molar-refractivity contribution in [3.63, 3.8) is 0 Å². The van der Waals surface area contributed by atoms with Gasteiger partial charge in [0.25, 0.3) is 5.91 Å². The fourth-order valence-corrected chi connectivity index (χ4v) is 1.85. The number of halogens is 2. The third-order valence-electron chi connectivity index (χ3n) is 2.96. The van der Waals surface area contributed by atoms with E-state index in [1.165, 1.54) is 4.90 Å². The Hall–Kier alpha value is -1.98. The van der Waals surface area contributed by atoms with Crippen LogP contribution in [0.2, 0.25) is 0 Å². The van der Waals surface area contributed by atoms with Crippen LogP contribution in [-0.2, 0) is 11.3 Å². The first kappa shape index (κ1) is 12.5. The van der Waals surface area contributed by atoms with Crippen LogP contribution >= 0.6 is 0 Å². The molecule has 1 aliphatic rings. The van der Waals surface area contributed by atoms with E-state index in [0.717, 1.165) is 18.2 Å². The lowest BCUT2D eigenvalue weighted by Gasteiger charge is -2.27. The number of carbonyl (C=O) groups excluding carboxylic acids is 2. The molecule has 1 aromatic rings. The Balaban J connectivity index is 2.28. The van der Waals surface area contributed by atoms with Crippen LogP contribution in [-0.4, -0.2) is 22.4 Å². The molecule has 0 saturated carbocycles. The van der Waals surface area contributed by atoms with Crippen LogP contribution in [0.5, 0.6) is 0 Å². The van der Waals surface area contributed by atoms with Crippen molar-refractivity contribution < 1.29 is 18.4 Å². The molecule has 3 amide bonds. The average Bonchev–Trinajstić information content (AvgIpc) is 2.40. The SMILES string of the molecule is CC1(C)C(=O)NC(=O)N1Cc1cc(F)cc(F)c1. The van der Waals surface area contributed by atoms with Crippen molar-refractivity contribution >= 4 is 11.9 Å². The molecule has 0 unspecified atom stereocenters. The first-order valence-electron chi connectivity index (χ1n) is 5.39. The maximum atomic E-state index is 13.0. The molecule has 18 heavy (non-hydrogen) atoms. The lowest BCUT2D eigenvalue weighted by Crippen LogP contribution is -2.43. The summed E-state index contributed by atoms with van der Waals surface area (Å²) >= 11 is 0. The molecule has 0 bridgehead atoms. The molecular weight excluding hydrogens is 242 g/mol. The van der Waals surface area contributed by atoms with Crippen LogP contribution in [0.4, 0.5) is 13.6 Å². The van der Waals surface area contributed by atoms with Gasteiger partial charge in [0.05, 0.1) is 0 Å². The molecule has 1 fully saturated rings. The van der Waals surface area contributed by atoms with E-state index in [-0.39, 0.29) is 6.54 Å². The predicted molar refractivity (Wildman–Crippen MR) is 59.5 cm³/mol. The molecule has 1 saturated heterocycles. The fraction of sp³-hybridized carbons (Fsp3) is 0.333. The maximum Gasteiger partial charge on any atom is 0.325 e. The molecule has 2 rings (SSSR count). The molecule has 0 radical (unpaired) electrons. The summed E-state index contributed by atoms with van der Waals surface area (Å²) in [6.07, 6.45) is 0. The summed E-state index contributed by atoms with van der Waals surface area (Å²) in [5.41, 5.74) is -0.731. The molecule has 0 atom stereocenters. The molecular formula is C12H12F2N2O2. The molecule has 0 aliphatic carbocycles. The zero-order valence-electron chi connectivity index (χ0n) is 9.96. The second-order valence-corrected chi connectivity index (χ2v) is 4.68. The Kier molecular flexibility index (Phi) is 2.80. The van der Waals surface area contributed by atoms with E-state index >= 15 is 0 Å². The maximum absolute atomic E-state index is 13.0. The number of rotatable bonds is 2. The quantitative estimate of drug-likeness (QED) is 0.818. The highest BCUT2D eigenvalue weighted by molar-refractivity contribution is 6.06. The molecule has 1 N–H and O–H groups in total. The first-order valence-corrected chi connectivity index (χ1v) is 5.39. The number of carbonyl (C=O) groups is 2. The van der Waals surface area contributed by atoms with Gasteiger partial charge in [-0.05, 0) is 31.5 Å². The van der Waals surface area contributed by atoms with Crippen LogP contribution in [0.15, 0.2) is 18.2 Å². The highest BCUT2D eigenvalue weighted by Crippen LogP contribution is 2.23. The summed E-state index contributed by atoms with van der Waals surface area (Å²) < 4.78 is 26.1. The van der Waals surface area contributed by atoms with E-state index < -0.39 is 29.1 Å². The van der Waals surface area contributed by atoms with Crippen molar-refractivity contribution in [2.45, 2.75) is 25.9 Å². The van der Waals surface area contributed by atoms with Crippen LogP contribution in [0.3, 0.4) is 0 Å². The monoisotopic (exact) mass is 254 g/mol. The summed E-state index contributed by atoms with van der Waals surface area (Å²) in [5.74, 6) is -1.85. The van der Waals surface area contributed by atoms with Gasteiger partial charge in [0.2, 0.25) is 0 Å². The number of amides is 3. The Morgan fingerprint density at radius 3 is 2.17 bits per heavy atom. The van der Waals surface area contributed by atoms with Gasteiger partial charge in [-0.2, -0.15) is 0 Å². The van der Waals surface area contributed by atoms with Crippen molar-refractivity contribution in [1.29, 1.82) is 0 Å². The molecule has 4 nitrogen and oxygen atoms in total. The number of nitrogens with one attached hydrogen (secondary N) is 1. The van der Waals surface area contributed by atoms with Gasteiger partial charge in [-0.1, -0.05) is 0 Å². The molecule has 1 aromatic carbocycles. The summed E-state index contributed by atoms with van der Waals surface area (Å²) in [6.45, 7) is 3.12. The molecule has 1 heterocycles. The zero-order valence-corrected chi connectivity index (χ0v) is 9.96. The molecule has 0 spiro atoms. The van der Waals surface area contributed by atoms with Gasteiger partial charge < -0.3 is 4.90 Å². The topological polar surface area (TPSA) is 49.4 Å². The summed E-state index contributed by atoms with van der Waals surface area (Å²) in [4.78, 5) is 24.3.